The van der Waals surface area contributed by atoms with Crippen LogP contribution in [0.2, 0.25) is 0 Å². The molecule has 0 aromatic heterocycles. The van der Waals surface area contributed by atoms with Crippen molar-refractivity contribution in [1.29, 1.82) is 0 Å². The van der Waals surface area contributed by atoms with Crippen LogP contribution in [0.4, 0.5) is 5.69 Å². The van der Waals surface area contributed by atoms with Crippen molar-refractivity contribution in [3.05, 3.63) is 29.8 Å². The maximum absolute atomic E-state index is 9.33. The van der Waals surface area contributed by atoms with E-state index in [2.05, 4.69) is 46.7 Å². The molecule has 3 rings (SSSR count). The summed E-state index contributed by atoms with van der Waals surface area (Å²) in [4.78, 5) is 7.26. The van der Waals surface area contributed by atoms with Crippen LogP contribution in [0.3, 0.4) is 0 Å². The Bertz CT molecular complexity index is 669. The summed E-state index contributed by atoms with van der Waals surface area (Å²) < 4.78 is 5.36. The first kappa shape index (κ1) is 27.2. The van der Waals surface area contributed by atoms with Gasteiger partial charge in [-0.2, -0.15) is 0 Å². The average Bonchev–Trinajstić information content (AvgIpc) is 3.29. The highest BCUT2D eigenvalue weighted by atomic mass is 127. The van der Waals surface area contributed by atoms with E-state index in [1.165, 1.54) is 36.9 Å². The Morgan fingerprint density at radius 1 is 1.16 bits per heavy atom. The number of aliphatic hydroxyl groups excluding tert-OH is 1. The zero-order valence-corrected chi connectivity index (χ0v) is 22.3. The van der Waals surface area contributed by atoms with E-state index < -0.39 is 0 Å². The van der Waals surface area contributed by atoms with Gasteiger partial charge in [0.2, 0.25) is 0 Å². The minimum atomic E-state index is 0. The third-order valence-corrected chi connectivity index (χ3v) is 7.07. The molecule has 3 N–H and O–H groups in total. The van der Waals surface area contributed by atoms with Crippen molar-refractivity contribution in [3.63, 3.8) is 0 Å². The molecular weight excluding hydrogens is 515 g/mol. The fourth-order valence-corrected chi connectivity index (χ4v) is 4.93. The number of anilines is 1. The van der Waals surface area contributed by atoms with Crippen molar-refractivity contribution in [2.75, 3.05) is 51.4 Å². The number of piperidine rings is 1. The molecule has 0 atom stereocenters. The molecular formula is C25H43IN4O2. The first-order valence-electron chi connectivity index (χ1n) is 12.1. The summed E-state index contributed by atoms with van der Waals surface area (Å²) in [5, 5.41) is 16.3. The predicted molar refractivity (Wildman–Crippen MR) is 144 cm³/mol. The number of rotatable bonds is 10. The Hall–Kier alpha value is -1.06. The molecule has 1 aliphatic heterocycles. The normalized spacial score (nSPS) is 19.0. The Labute approximate surface area is 211 Å². The Morgan fingerprint density at radius 2 is 1.84 bits per heavy atom. The number of nitrogens with one attached hydrogen (secondary N) is 2. The monoisotopic (exact) mass is 558 g/mol. The van der Waals surface area contributed by atoms with Gasteiger partial charge in [0.25, 0.3) is 0 Å². The SMILES string of the molecule is CCNC(=NCc1ccc(N2CCC(CO)CC2)cc1)NCC1(CCOC)CCCC1.I. The van der Waals surface area contributed by atoms with E-state index in [-0.39, 0.29) is 24.0 Å². The molecule has 1 saturated heterocycles. The second-order valence-electron chi connectivity index (χ2n) is 9.28. The van der Waals surface area contributed by atoms with E-state index in [1.54, 1.807) is 7.11 Å². The van der Waals surface area contributed by atoms with Gasteiger partial charge in [0.15, 0.2) is 5.96 Å². The summed E-state index contributed by atoms with van der Waals surface area (Å²) in [6.45, 7) is 7.82. The van der Waals surface area contributed by atoms with Gasteiger partial charge in [-0.05, 0) is 68.1 Å². The summed E-state index contributed by atoms with van der Waals surface area (Å²) in [6.07, 6.45) is 8.47. The molecule has 1 aliphatic carbocycles. The van der Waals surface area contributed by atoms with E-state index in [0.717, 1.165) is 58.0 Å². The number of halogens is 1. The van der Waals surface area contributed by atoms with Gasteiger partial charge in [0.1, 0.15) is 0 Å². The van der Waals surface area contributed by atoms with E-state index in [9.17, 15) is 5.11 Å². The summed E-state index contributed by atoms with van der Waals surface area (Å²) in [5.74, 6) is 1.38. The highest BCUT2D eigenvalue weighted by Crippen LogP contribution is 2.40. The van der Waals surface area contributed by atoms with Gasteiger partial charge in [-0.3, -0.25) is 0 Å². The number of hydrogen-bond donors (Lipinski definition) is 3. The zero-order chi connectivity index (χ0) is 21.9. The number of benzene rings is 1. The van der Waals surface area contributed by atoms with Crippen LogP contribution in [-0.2, 0) is 11.3 Å². The Morgan fingerprint density at radius 3 is 2.44 bits per heavy atom. The molecule has 1 aromatic rings. The lowest BCUT2D eigenvalue weighted by Gasteiger charge is -2.32. The van der Waals surface area contributed by atoms with E-state index >= 15 is 0 Å². The molecule has 32 heavy (non-hydrogen) atoms. The summed E-state index contributed by atoms with van der Waals surface area (Å²) >= 11 is 0. The lowest BCUT2D eigenvalue weighted by Crippen LogP contribution is -2.43. The highest BCUT2D eigenvalue weighted by molar-refractivity contribution is 14.0. The number of aliphatic hydroxyl groups is 1. The zero-order valence-electron chi connectivity index (χ0n) is 19.9. The standard InChI is InChI=1S/C25H42N4O2.HI/c1-3-26-24(28-20-25(14-17-31-2)12-4-5-13-25)27-18-21-6-8-23(9-7-21)29-15-10-22(19-30)11-16-29;/h6-9,22,30H,3-5,10-20H2,1-2H3,(H2,26,27,28);1H. The number of hydrogen-bond acceptors (Lipinski definition) is 4. The third-order valence-electron chi connectivity index (χ3n) is 7.07. The summed E-state index contributed by atoms with van der Waals surface area (Å²) in [5.41, 5.74) is 2.84. The molecule has 0 unspecified atom stereocenters. The van der Waals surface area contributed by atoms with Gasteiger partial charge in [-0.25, -0.2) is 4.99 Å². The largest absolute Gasteiger partial charge is 0.396 e. The Balaban J connectivity index is 0.00000363. The van der Waals surface area contributed by atoms with Gasteiger partial charge >= 0.3 is 0 Å². The third kappa shape index (κ3) is 8.06. The van der Waals surface area contributed by atoms with Crippen LogP contribution in [0.5, 0.6) is 0 Å². The number of aliphatic imine (C=N–C) groups is 1. The topological polar surface area (TPSA) is 69.1 Å². The lowest BCUT2D eigenvalue weighted by atomic mass is 9.83. The molecule has 182 valence electrons. The van der Waals surface area contributed by atoms with Crippen LogP contribution < -0.4 is 15.5 Å². The second-order valence-corrected chi connectivity index (χ2v) is 9.28. The number of guanidine groups is 1. The van der Waals surface area contributed by atoms with Gasteiger partial charge in [-0.15, -0.1) is 24.0 Å². The second kappa shape index (κ2) is 14.3. The van der Waals surface area contributed by atoms with E-state index in [1.807, 2.05) is 0 Å². The minimum Gasteiger partial charge on any atom is -0.396 e. The van der Waals surface area contributed by atoms with Crippen molar-refractivity contribution in [2.45, 2.75) is 58.4 Å². The number of ether oxygens (including phenoxy) is 1. The molecule has 6 nitrogen and oxygen atoms in total. The molecule has 7 heteroatoms. The first-order chi connectivity index (χ1) is 15.2. The molecule has 1 heterocycles. The molecule has 0 radical (unpaired) electrons. The van der Waals surface area contributed by atoms with Crippen LogP contribution in [0.25, 0.3) is 0 Å². The highest BCUT2D eigenvalue weighted by Gasteiger charge is 2.33. The smallest absolute Gasteiger partial charge is 0.191 e. The fourth-order valence-electron chi connectivity index (χ4n) is 4.93. The molecule has 0 spiro atoms. The van der Waals surface area contributed by atoms with Crippen LogP contribution in [0, 0.1) is 11.3 Å². The van der Waals surface area contributed by atoms with Gasteiger partial charge in [0, 0.05) is 52.2 Å². The van der Waals surface area contributed by atoms with Crippen molar-refractivity contribution in [2.24, 2.45) is 16.3 Å². The Kier molecular flexibility index (Phi) is 12.1. The van der Waals surface area contributed by atoms with Crippen LogP contribution in [0.15, 0.2) is 29.3 Å². The van der Waals surface area contributed by atoms with Crippen LogP contribution in [-0.4, -0.2) is 57.6 Å². The molecule has 2 aliphatic rings. The van der Waals surface area contributed by atoms with Crippen molar-refractivity contribution < 1.29 is 9.84 Å². The maximum Gasteiger partial charge on any atom is 0.191 e. The van der Waals surface area contributed by atoms with Crippen molar-refractivity contribution in [1.82, 2.24) is 10.6 Å². The number of methoxy groups -OCH3 is 1. The molecule has 1 aromatic carbocycles. The van der Waals surface area contributed by atoms with Crippen molar-refractivity contribution in [3.8, 4) is 0 Å². The predicted octanol–water partition coefficient (Wildman–Crippen LogP) is 4.17. The van der Waals surface area contributed by atoms with Gasteiger partial charge in [-0.1, -0.05) is 25.0 Å². The first-order valence-corrected chi connectivity index (χ1v) is 12.1. The van der Waals surface area contributed by atoms with Gasteiger partial charge < -0.3 is 25.4 Å². The molecule has 0 amide bonds. The van der Waals surface area contributed by atoms with E-state index in [4.69, 9.17) is 9.73 Å². The van der Waals surface area contributed by atoms with Crippen LogP contribution >= 0.6 is 24.0 Å². The molecule has 0 bridgehead atoms. The van der Waals surface area contributed by atoms with Crippen LogP contribution in [0.1, 0.15) is 57.4 Å². The van der Waals surface area contributed by atoms with Gasteiger partial charge in [0.05, 0.1) is 6.54 Å². The number of nitrogens with zero attached hydrogens (tertiary/aromatic N) is 2. The summed E-state index contributed by atoms with van der Waals surface area (Å²) in [7, 11) is 1.80. The average molecular weight is 559 g/mol. The lowest BCUT2D eigenvalue weighted by molar-refractivity contribution is 0.138. The van der Waals surface area contributed by atoms with E-state index in [0.29, 0.717) is 24.5 Å². The van der Waals surface area contributed by atoms with Crippen molar-refractivity contribution >= 4 is 35.6 Å². The quantitative estimate of drug-likeness (QED) is 0.229. The molecule has 2 fully saturated rings. The molecule has 1 saturated carbocycles. The fraction of sp³-hybridized carbons (Fsp3) is 0.720. The summed E-state index contributed by atoms with van der Waals surface area (Å²) in [6, 6.07) is 8.81. The maximum atomic E-state index is 9.33. The minimum absolute atomic E-state index is 0.